The first-order chi connectivity index (χ1) is 9.75. The number of hydrogen-bond donors (Lipinski definition) is 0. The Balaban J connectivity index is 1.81. The first kappa shape index (κ1) is 13.5. The van der Waals surface area contributed by atoms with Crippen LogP contribution in [0.1, 0.15) is 25.4 Å². The number of benzene rings is 1. The van der Waals surface area contributed by atoms with Gasteiger partial charge >= 0.3 is 0 Å². The summed E-state index contributed by atoms with van der Waals surface area (Å²) in [6, 6.07) is 9.63. The molecule has 5 heteroatoms. The quantitative estimate of drug-likeness (QED) is 0.858. The maximum atomic E-state index is 6.42. The number of piperidine rings is 1. The molecule has 3 rings (SSSR count). The van der Waals surface area contributed by atoms with Gasteiger partial charge in [0.05, 0.1) is 6.20 Å². The minimum Gasteiger partial charge on any atom is -0.452 e. The highest BCUT2D eigenvalue weighted by molar-refractivity contribution is 6.31. The third-order valence-electron chi connectivity index (χ3n) is 3.69. The molecule has 1 aromatic carbocycles. The highest BCUT2D eigenvalue weighted by Gasteiger charge is 2.24. The zero-order valence-corrected chi connectivity index (χ0v) is 12.3. The molecule has 0 radical (unpaired) electrons. The van der Waals surface area contributed by atoms with Crippen molar-refractivity contribution < 1.29 is 4.74 Å². The number of halogens is 1. The Morgan fingerprint density at radius 2 is 2.05 bits per heavy atom. The topological polar surface area (TPSA) is 30.3 Å². The summed E-state index contributed by atoms with van der Waals surface area (Å²) in [5.74, 6) is 1.38. The lowest BCUT2D eigenvalue weighted by molar-refractivity contribution is 0.115. The molecule has 20 heavy (non-hydrogen) atoms. The molecule has 4 nitrogen and oxygen atoms in total. The number of likely N-dealkylation sites (tertiary alicyclic amines) is 1. The van der Waals surface area contributed by atoms with Gasteiger partial charge < -0.3 is 4.74 Å². The number of ether oxygens (including phenoxy) is 1. The minimum atomic E-state index is 0.226. The standard InChI is InChI=1S/C15H18ClN3O/c1-18-10-6-5-9-14(18)19-15(16)13(11-17-19)20-12-7-3-2-4-8-12/h2-4,7-8,11,14H,5-6,9-10H2,1H3. The Morgan fingerprint density at radius 3 is 2.80 bits per heavy atom. The van der Waals surface area contributed by atoms with Crippen LogP contribution in [0.5, 0.6) is 11.5 Å². The normalized spacial score (nSPS) is 20.0. The Labute approximate surface area is 123 Å². The van der Waals surface area contributed by atoms with Crippen molar-refractivity contribution in [1.29, 1.82) is 0 Å². The summed E-state index contributed by atoms with van der Waals surface area (Å²) >= 11 is 6.42. The SMILES string of the molecule is CN1CCCCC1n1ncc(Oc2ccccc2)c1Cl. The van der Waals surface area contributed by atoms with Crippen LogP contribution in [0.25, 0.3) is 0 Å². The molecule has 0 bridgehead atoms. The van der Waals surface area contributed by atoms with E-state index in [2.05, 4.69) is 17.0 Å². The van der Waals surface area contributed by atoms with Gasteiger partial charge in [0.25, 0.3) is 0 Å². The average Bonchev–Trinajstić information content (AvgIpc) is 2.82. The van der Waals surface area contributed by atoms with E-state index in [4.69, 9.17) is 16.3 Å². The highest BCUT2D eigenvalue weighted by atomic mass is 35.5. The molecule has 0 N–H and O–H groups in total. The van der Waals surface area contributed by atoms with Crippen molar-refractivity contribution in [3.63, 3.8) is 0 Å². The lowest BCUT2D eigenvalue weighted by Gasteiger charge is -2.32. The average molecular weight is 292 g/mol. The molecule has 1 aliphatic heterocycles. The van der Waals surface area contributed by atoms with Crippen molar-refractivity contribution in [2.75, 3.05) is 13.6 Å². The monoisotopic (exact) mass is 291 g/mol. The molecule has 0 spiro atoms. The van der Waals surface area contributed by atoms with Gasteiger partial charge in [-0.3, -0.25) is 4.90 Å². The maximum Gasteiger partial charge on any atom is 0.184 e. The van der Waals surface area contributed by atoms with Crippen LogP contribution < -0.4 is 4.74 Å². The number of hydrogen-bond acceptors (Lipinski definition) is 3. The number of para-hydroxylation sites is 1. The number of nitrogens with zero attached hydrogens (tertiary/aromatic N) is 3. The maximum absolute atomic E-state index is 6.42. The van der Waals surface area contributed by atoms with Crippen LogP contribution in [0.2, 0.25) is 5.15 Å². The molecule has 0 aliphatic carbocycles. The van der Waals surface area contributed by atoms with E-state index >= 15 is 0 Å². The van der Waals surface area contributed by atoms with Crippen molar-refractivity contribution in [1.82, 2.24) is 14.7 Å². The van der Waals surface area contributed by atoms with E-state index < -0.39 is 0 Å². The molecule has 1 fully saturated rings. The van der Waals surface area contributed by atoms with Crippen molar-refractivity contribution in [3.05, 3.63) is 41.7 Å². The predicted octanol–water partition coefficient (Wildman–Crippen LogP) is 3.94. The van der Waals surface area contributed by atoms with Crippen LogP contribution in [0.3, 0.4) is 0 Å². The van der Waals surface area contributed by atoms with Crippen molar-refractivity contribution in [2.45, 2.75) is 25.4 Å². The van der Waals surface area contributed by atoms with Gasteiger partial charge in [-0.25, -0.2) is 4.68 Å². The third kappa shape index (κ3) is 2.67. The largest absolute Gasteiger partial charge is 0.452 e. The number of aromatic nitrogens is 2. The summed E-state index contributed by atoms with van der Waals surface area (Å²) in [5.41, 5.74) is 0. The van der Waals surface area contributed by atoms with Crippen molar-refractivity contribution in [2.24, 2.45) is 0 Å². The van der Waals surface area contributed by atoms with Crippen molar-refractivity contribution >= 4 is 11.6 Å². The van der Waals surface area contributed by atoms with Gasteiger partial charge in [-0.05, 0) is 45.0 Å². The molecule has 1 saturated heterocycles. The molecular weight excluding hydrogens is 274 g/mol. The summed E-state index contributed by atoms with van der Waals surface area (Å²) < 4.78 is 7.64. The smallest absolute Gasteiger partial charge is 0.184 e. The van der Waals surface area contributed by atoms with E-state index in [0.717, 1.165) is 18.7 Å². The molecule has 0 saturated carbocycles. The van der Waals surface area contributed by atoms with Crippen LogP contribution in [0.4, 0.5) is 0 Å². The highest BCUT2D eigenvalue weighted by Crippen LogP contribution is 2.34. The van der Waals surface area contributed by atoms with Gasteiger partial charge in [0, 0.05) is 0 Å². The van der Waals surface area contributed by atoms with E-state index in [9.17, 15) is 0 Å². The van der Waals surface area contributed by atoms with E-state index in [0.29, 0.717) is 10.9 Å². The summed E-state index contributed by atoms with van der Waals surface area (Å²) in [4.78, 5) is 2.29. The van der Waals surface area contributed by atoms with Crippen LogP contribution in [-0.2, 0) is 0 Å². The molecule has 0 amide bonds. The van der Waals surface area contributed by atoms with Gasteiger partial charge in [-0.2, -0.15) is 5.10 Å². The fourth-order valence-corrected chi connectivity index (χ4v) is 2.83. The second-order valence-electron chi connectivity index (χ2n) is 5.12. The van der Waals surface area contributed by atoms with Crippen LogP contribution in [0, 0.1) is 0 Å². The minimum absolute atomic E-state index is 0.226. The predicted molar refractivity (Wildman–Crippen MR) is 79.3 cm³/mol. The van der Waals surface area contributed by atoms with E-state index in [1.165, 1.54) is 12.8 Å². The van der Waals surface area contributed by atoms with E-state index in [-0.39, 0.29) is 6.17 Å². The molecule has 1 unspecified atom stereocenters. The van der Waals surface area contributed by atoms with Gasteiger partial charge in [-0.1, -0.05) is 29.8 Å². The van der Waals surface area contributed by atoms with E-state index in [1.54, 1.807) is 6.20 Å². The van der Waals surface area contributed by atoms with Gasteiger partial charge in [0.15, 0.2) is 10.9 Å². The summed E-state index contributed by atoms with van der Waals surface area (Å²) in [6.45, 7) is 1.08. The molecule has 1 aliphatic rings. The zero-order valence-electron chi connectivity index (χ0n) is 11.5. The first-order valence-corrected chi connectivity index (χ1v) is 7.29. The van der Waals surface area contributed by atoms with Crippen LogP contribution in [0.15, 0.2) is 36.5 Å². The molecular formula is C15H18ClN3O. The zero-order chi connectivity index (χ0) is 13.9. The van der Waals surface area contributed by atoms with Crippen molar-refractivity contribution in [3.8, 4) is 11.5 Å². The molecule has 106 valence electrons. The first-order valence-electron chi connectivity index (χ1n) is 6.92. The van der Waals surface area contributed by atoms with E-state index in [1.807, 2.05) is 35.0 Å². The molecule has 1 aromatic heterocycles. The van der Waals surface area contributed by atoms with Gasteiger partial charge in [0.2, 0.25) is 0 Å². The lowest BCUT2D eigenvalue weighted by atomic mass is 10.1. The Bertz CT molecular complexity index is 570. The Hall–Kier alpha value is -1.52. The second kappa shape index (κ2) is 5.85. The molecule has 2 heterocycles. The Morgan fingerprint density at radius 1 is 1.25 bits per heavy atom. The van der Waals surface area contributed by atoms with Crippen LogP contribution in [-0.4, -0.2) is 28.3 Å². The third-order valence-corrected chi connectivity index (χ3v) is 4.05. The fraction of sp³-hybridized carbons (Fsp3) is 0.400. The van der Waals surface area contributed by atoms with Gasteiger partial charge in [0.1, 0.15) is 11.9 Å². The fourth-order valence-electron chi connectivity index (χ4n) is 2.59. The van der Waals surface area contributed by atoms with Gasteiger partial charge in [-0.15, -0.1) is 0 Å². The molecule has 1 atom stereocenters. The summed E-state index contributed by atoms with van der Waals surface area (Å²) in [6.07, 6.45) is 5.43. The summed E-state index contributed by atoms with van der Waals surface area (Å²) in [7, 11) is 2.11. The number of rotatable bonds is 3. The summed E-state index contributed by atoms with van der Waals surface area (Å²) in [5, 5.41) is 4.97. The Kier molecular flexibility index (Phi) is 3.94. The second-order valence-corrected chi connectivity index (χ2v) is 5.47. The van der Waals surface area contributed by atoms with Crippen LogP contribution >= 0.6 is 11.6 Å². The lowest BCUT2D eigenvalue weighted by Crippen LogP contribution is -2.34. The molecule has 2 aromatic rings.